The lowest BCUT2D eigenvalue weighted by atomic mass is 10.1. The third-order valence-corrected chi connectivity index (χ3v) is 4.12. The third kappa shape index (κ3) is 3.08. The molecule has 3 rings (SSSR count). The summed E-state index contributed by atoms with van der Waals surface area (Å²) in [5.74, 6) is 0.0722. The minimum atomic E-state index is -3.00. The van der Waals surface area contributed by atoms with E-state index in [-0.39, 0.29) is 5.75 Å². The first-order valence-corrected chi connectivity index (χ1v) is 8.51. The number of pyridine rings is 1. The van der Waals surface area contributed by atoms with Crippen molar-refractivity contribution in [1.29, 1.82) is 0 Å². The molecule has 0 fully saturated rings. The van der Waals surface area contributed by atoms with Crippen LogP contribution >= 0.6 is 0 Å². The maximum Gasteiger partial charge on any atom is 0.147 e. The summed E-state index contributed by atoms with van der Waals surface area (Å²) in [7, 11) is -3.00. The summed E-state index contributed by atoms with van der Waals surface area (Å²) in [4.78, 5) is 4.13. The van der Waals surface area contributed by atoms with Crippen molar-refractivity contribution in [2.24, 2.45) is 0 Å². The molecule has 0 unspecified atom stereocenters. The molecule has 0 spiro atoms. The number of aromatic nitrogens is 4. The molecule has 21 heavy (non-hydrogen) atoms. The zero-order valence-electron chi connectivity index (χ0n) is 11.5. The molecule has 0 atom stereocenters. The topological polar surface area (TPSA) is 77.7 Å². The van der Waals surface area contributed by atoms with Crippen LogP contribution in [0.3, 0.4) is 0 Å². The van der Waals surface area contributed by atoms with Crippen molar-refractivity contribution in [1.82, 2.24) is 20.0 Å². The molecule has 0 saturated carbocycles. The van der Waals surface area contributed by atoms with Crippen LogP contribution in [-0.2, 0) is 16.3 Å². The average Bonchev–Trinajstić information content (AvgIpc) is 2.92. The van der Waals surface area contributed by atoms with Gasteiger partial charge in [-0.1, -0.05) is 17.3 Å². The van der Waals surface area contributed by atoms with Gasteiger partial charge in [-0.3, -0.25) is 4.98 Å². The van der Waals surface area contributed by atoms with Gasteiger partial charge in [0, 0.05) is 30.5 Å². The van der Waals surface area contributed by atoms with Crippen molar-refractivity contribution in [2.45, 2.75) is 6.42 Å². The minimum absolute atomic E-state index is 0.0722. The summed E-state index contributed by atoms with van der Waals surface area (Å²) < 4.78 is 24.0. The van der Waals surface area contributed by atoms with Crippen LogP contribution in [0.15, 0.2) is 42.9 Å². The molecular weight excluding hydrogens is 288 g/mol. The van der Waals surface area contributed by atoms with Crippen molar-refractivity contribution < 1.29 is 8.42 Å². The maximum atomic E-state index is 11.2. The van der Waals surface area contributed by atoms with Crippen molar-refractivity contribution in [3.63, 3.8) is 0 Å². The second kappa shape index (κ2) is 5.25. The monoisotopic (exact) mass is 302 g/mol. The number of hydrogen-bond acceptors (Lipinski definition) is 5. The molecule has 0 aliphatic rings. The van der Waals surface area contributed by atoms with E-state index in [1.165, 1.54) is 6.26 Å². The lowest BCUT2D eigenvalue weighted by Crippen LogP contribution is -2.05. The second-order valence-corrected chi connectivity index (χ2v) is 7.17. The van der Waals surface area contributed by atoms with Crippen LogP contribution in [-0.4, -0.2) is 40.4 Å². The number of fused-ring (bicyclic) bond motifs is 1. The van der Waals surface area contributed by atoms with E-state index in [1.54, 1.807) is 23.3 Å². The highest BCUT2D eigenvalue weighted by atomic mass is 32.2. The van der Waals surface area contributed by atoms with E-state index < -0.39 is 9.84 Å². The zero-order valence-corrected chi connectivity index (χ0v) is 12.3. The number of benzene rings is 1. The Balaban J connectivity index is 1.95. The molecule has 0 saturated heterocycles. The number of rotatable bonds is 4. The molecule has 108 valence electrons. The Morgan fingerprint density at radius 1 is 1.24 bits per heavy atom. The highest BCUT2D eigenvalue weighted by Gasteiger charge is 2.09. The first-order valence-electron chi connectivity index (χ1n) is 6.45. The van der Waals surface area contributed by atoms with Crippen molar-refractivity contribution in [2.75, 3.05) is 12.0 Å². The van der Waals surface area contributed by atoms with Gasteiger partial charge in [0.2, 0.25) is 0 Å². The first-order chi connectivity index (χ1) is 10.0. The summed E-state index contributed by atoms with van der Waals surface area (Å²) in [6.07, 6.45) is 6.86. The van der Waals surface area contributed by atoms with Gasteiger partial charge < -0.3 is 0 Å². The maximum absolute atomic E-state index is 11.2. The van der Waals surface area contributed by atoms with Gasteiger partial charge in [-0.05, 0) is 17.5 Å². The Kier molecular flexibility index (Phi) is 3.42. The molecular formula is C14H14N4O2S. The average molecular weight is 302 g/mol. The van der Waals surface area contributed by atoms with Crippen LogP contribution in [0.1, 0.15) is 5.69 Å². The van der Waals surface area contributed by atoms with Gasteiger partial charge in [-0.15, -0.1) is 5.10 Å². The standard InChI is InChI=1S/C14H14N4O2S/c1-21(19,20)8-6-12-10-18(17-16-12)14-4-2-3-11-5-7-15-9-13(11)14/h2-5,7,9-10H,6,8H2,1H3. The lowest BCUT2D eigenvalue weighted by Gasteiger charge is -2.04. The minimum Gasteiger partial charge on any atom is -0.264 e. The third-order valence-electron chi connectivity index (χ3n) is 3.18. The lowest BCUT2D eigenvalue weighted by molar-refractivity contribution is 0.600. The Hall–Kier alpha value is -2.28. The van der Waals surface area contributed by atoms with E-state index >= 15 is 0 Å². The van der Waals surface area contributed by atoms with Gasteiger partial charge in [-0.25, -0.2) is 13.1 Å². The predicted molar refractivity (Wildman–Crippen MR) is 80.1 cm³/mol. The normalized spacial score (nSPS) is 11.9. The summed E-state index contributed by atoms with van der Waals surface area (Å²) in [5, 5.41) is 10.1. The smallest absolute Gasteiger partial charge is 0.147 e. The number of sulfone groups is 1. The summed E-state index contributed by atoms with van der Waals surface area (Å²) in [6.45, 7) is 0. The molecule has 7 heteroatoms. The Labute approximate surface area is 122 Å². The van der Waals surface area contributed by atoms with Gasteiger partial charge in [0.05, 0.1) is 23.3 Å². The fourth-order valence-corrected chi connectivity index (χ4v) is 2.70. The van der Waals surface area contributed by atoms with E-state index in [4.69, 9.17) is 0 Å². The Morgan fingerprint density at radius 2 is 2.10 bits per heavy atom. The van der Waals surface area contributed by atoms with Crippen LogP contribution < -0.4 is 0 Å². The van der Waals surface area contributed by atoms with Crippen molar-refractivity contribution in [3.05, 3.63) is 48.5 Å². The summed E-state index contributed by atoms with van der Waals surface area (Å²) in [5.41, 5.74) is 1.53. The second-order valence-electron chi connectivity index (χ2n) is 4.91. The SMILES string of the molecule is CS(=O)(=O)CCc1cn(-c2cccc3ccncc23)nn1. The van der Waals surface area contributed by atoms with Gasteiger partial charge in [0.25, 0.3) is 0 Å². The van der Waals surface area contributed by atoms with E-state index in [1.807, 2.05) is 24.3 Å². The van der Waals surface area contributed by atoms with Crippen LogP contribution in [0.2, 0.25) is 0 Å². The molecule has 0 bridgehead atoms. The highest BCUT2D eigenvalue weighted by molar-refractivity contribution is 7.90. The molecule has 3 aromatic rings. The summed E-state index contributed by atoms with van der Waals surface area (Å²) in [6, 6.07) is 7.80. The van der Waals surface area contributed by atoms with E-state index in [9.17, 15) is 8.42 Å². The van der Waals surface area contributed by atoms with Crippen LogP contribution in [0.4, 0.5) is 0 Å². The van der Waals surface area contributed by atoms with Crippen LogP contribution in [0, 0.1) is 0 Å². The molecule has 0 amide bonds. The predicted octanol–water partition coefficient (Wildman–Crippen LogP) is 1.40. The van der Waals surface area contributed by atoms with Crippen molar-refractivity contribution in [3.8, 4) is 5.69 Å². The highest BCUT2D eigenvalue weighted by Crippen LogP contribution is 2.20. The van der Waals surface area contributed by atoms with Crippen molar-refractivity contribution >= 4 is 20.6 Å². The fourth-order valence-electron chi connectivity index (χ4n) is 2.12. The van der Waals surface area contributed by atoms with Gasteiger partial charge in [0.1, 0.15) is 9.84 Å². The Morgan fingerprint density at radius 3 is 2.90 bits per heavy atom. The van der Waals surface area contributed by atoms with E-state index in [2.05, 4.69) is 15.3 Å². The van der Waals surface area contributed by atoms with E-state index in [0.29, 0.717) is 12.1 Å². The zero-order chi connectivity index (χ0) is 14.9. The summed E-state index contributed by atoms with van der Waals surface area (Å²) >= 11 is 0. The number of aryl methyl sites for hydroxylation is 1. The first kappa shape index (κ1) is 13.7. The quantitative estimate of drug-likeness (QED) is 0.728. The molecule has 0 radical (unpaired) electrons. The molecule has 0 aliphatic heterocycles. The Bertz CT molecular complexity index is 881. The van der Waals surface area contributed by atoms with Gasteiger partial charge in [-0.2, -0.15) is 0 Å². The molecule has 2 heterocycles. The number of nitrogens with zero attached hydrogens (tertiary/aromatic N) is 4. The van der Waals surface area contributed by atoms with Gasteiger partial charge in [0.15, 0.2) is 0 Å². The molecule has 6 nitrogen and oxygen atoms in total. The van der Waals surface area contributed by atoms with Gasteiger partial charge >= 0.3 is 0 Å². The molecule has 1 aromatic carbocycles. The van der Waals surface area contributed by atoms with Crippen LogP contribution in [0.5, 0.6) is 0 Å². The fraction of sp³-hybridized carbons (Fsp3) is 0.214. The molecule has 2 aromatic heterocycles. The number of hydrogen-bond donors (Lipinski definition) is 0. The molecule has 0 aliphatic carbocycles. The molecule has 0 N–H and O–H groups in total. The largest absolute Gasteiger partial charge is 0.264 e. The van der Waals surface area contributed by atoms with Crippen LogP contribution in [0.25, 0.3) is 16.5 Å². The van der Waals surface area contributed by atoms with E-state index in [0.717, 1.165) is 16.5 Å².